The Hall–Kier alpha value is -1.79. The lowest BCUT2D eigenvalue weighted by molar-refractivity contribution is 0.490. The molecular weight excluding hydrogens is 262 g/mol. The van der Waals surface area contributed by atoms with Crippen molar-refractivity contribution in [2.75, 3.05) is 0 Å². The van der Waals surface area contributed by atoms with Crippen LogP contribution in [0.4, 0.5) is 8.78 Å². The molecule has 0 amide bonds. The van der Waals surface area contributed by atoms with Crippen LogP contribution in [-0.2, 0) is 13.0 Å². The average Bonchev–Trinajstić information content (AvgIpc) is 2.79. The monoisotopic (exact) mass is 280 g/mol. The third-order valence-electron chi connectivity index (χ3n) is 3.25. The number of aryl methyl sites for hydroxylation is 2. The first kappa shape index (κ1) is 14.6. The molecule has 0 saturated heterocycles. The second-order valence-electron chi connectivity index (χ2n) is 4.69. The predicted molar refractivity (Wildman–Crippen MR) is 72.8 cm³/mol. The van der Waals surface area contributed by atoms with Gasteiger partial charge in [0.15, 0.2) is 11.6 Å². The predicted octanol–water partition coefficient (Wildman–Crippen LogP) is 2.24. The van der Waals surface area contributed by atoms with Gasteiger partial charge in [-0.25, -0.2) is 8.78 Å². The van der Waals surface area contributed by atoms with E-state index in [1.165, 1.54) is 12.1 Å². The molecule has 4 nitrogen and oxygen atoms in total. The van der Waals surface area contributed by atoms with Crippen molar-refractivity contribution in [3.05, 3.63) is 52.9 Å². The van der Waals surface area contributed by atoms with E-state index in [0.717, 1.165) is 24.0 Å². The molecule has 20 heavy (non-hydrogen) atoms. The van der Waals surface area contributed by atoms with Crippen LogP contribution in [-0.4, -0.2) is 9.78 Å². The molecule has 0 saturated carbocycles. The maximum absolute atomic E-state index is 13.3. The summed E-state index contributed by atoms with van der Waals surface area (Å²) in [6, 6.07) is 5.47. The molecule has 0 aliphatic carbocycles. The van der Waals surface area contributed by atoms with Crippen LogP contribution in [0.1, 0.15) is 29.9 Å². The van der Waals surface area contributed by atoms with Gasteiger partial charge in [0.05, 0.1) is 11.7 Å². The van der Waals surface area contributed by atoms with E-state index in [1.54, 1.807) is 0 Å². The Morgan fingerprint density at radius 1 is 1.30 bits per heavy atom. The lowest BCUT2D eigenvalue weighted by atomic mass is 10.0. The molecule has 1 heterocycles. The van der Waals surface area contributed by atoms with E-state index < -0.39 is 11.6 Å². The highest BCUT2D eigenvalue weighted by atomic mass is 19.2. The third kappa shape index (κ3) is 3.02. The Kier molecular flexibility index (Phi) is 4.46. The summed E-state index contributed by atoms with van der Waals surface area (Å²) < 4.78 is 28.2. The van der Waals surface area contributed by atoms with Crippen molar-refractivity contribution in [2.24, 2.45) is 5.84 Å². The lowest BCUT2D eigenvalue weighted by Gasteiger charge is -2.17. The fraction of sp³-hybridized carbons (Fsp3) is 0.357. The molecule has 1 unspecified atom stereocenters. The Labute approximate surface area is 116 Å². The maximum Gasteiger partial charge on any atom is 0.159 e. The van der Waals surface area contributed by atoms with Gasteiger partial charge in [-0.2, -0.15) is 5.10 Å². The summed E-state index contributed by atoms with van der Waals surface area (Å²) >= 11 is 0. The Morgan fingerprint density at radius 2 is 2.05 bits per heavy atom. The fourth-order valence-corrected chi connectivity index (χ4v) is 2.25. The summed E-state index contributed by atoms with van der Waals surface area (Å²) in [4.78, 5) is 0. The number of halogens is 2. The van der Waals surface area contributed by atoms with Crippen molar-refractivity contribution >= 4 is 0 Å². The first-order valence-electron chi connectivity index (χ1n) is 6.49. The van der Waals surface area contributed by atoms with Crippen molar-refractivity contribution in [3.8, 4) is 0 Å². The lowest BCUT2D eigenvalue weighted by Crippen LogP contribution is -2.30. The van der Waals surface area contributed by atoms with Gasteiger partial charge in [-0.1, -0.05) is 6.07 Å². The van der Waals surface area contributed by atoms with Crippen LogP contribution in [0.25, 0.3) is 0 Å². The van der Waals surface area contributed by atoms with Gasteiger partial charge in [-0.15, -0.1) is 0 Å². The summed E-state index contributed by atoms with van der Waals surface area (Å²) in [6.07, 6.45) is 0.552. The molecule has 3 N–H and O–H groups in total. The van der Waals surface area contributed by atoms with Crippen molar-refractivity contribution in [2.45, 2.75) is 32.9 Å². The second-order valence-corrected chi connectivity index (χ2v) is 4.69. The number of aromatic nitrogens is 2. The quantitative estimate of drug-likeness (QED) is 0.652. The highest BCUT2D eigenvalue weighted by Crippen LogP contribution is 2.20. The van der Waals surface area contributed by atoms with Gasteiger partial charge in [0.25, 0.3) is 0 Å². The molecule has 2 aromatic rings. The largest absolute Gasteiger partial charge is 0.271 e. The molecule has 0 radical (unpaired) electrons. The number of hydrazine groups is 1. The average molecular weight is 280 g/mol. The molecule has 0 bridgehead atoms. The number of rotatable bonds is 5. The summed E-state index contributed by atoms with van der Waals surface area (Å²) in [6.45, 7) is 4.66. The minimum atomic E-state index is -0.872. The van der Waals surface area contributed by atoms with E-state index >= 15 is 0 Å². The number of hydrogen-bond acceptors (Lipinski definition) is 3. The molecule has 108 valence electrons. The van der Waals surface area contributed by atoms with Crippen molar-refractivity contribution in [1.82, 2.24) is 15.2 Å². The minimum absolute atomic E-state index is 0.300. The van der Waals surface area contributed by atoms with E-state index in [1.807, 2.05) is 24.6 Å². The van der Waals surface area contributed by atoms with Gasteiger partial charge < -0.3 is 0 Å². The summed E-state index contributed by atoms with van der Waals surface area (Å²) in [7, 11) is 0. The highest BCUT2D eigenvalue weighted by molar-refractivity contribution is 5.23. The smallest absolute Gasteiger partial charge is 0.159 e. The first-order chi connectivity index (χ1) is 9.55. The molecule has 0 fully saturated rings. The zero-order valence-corrected chi connectivity index (χ0v) is 11.5. The van der Waals surface area contributed by atoms with Gasteiger partial charge in [0.2, 0.25) is 0 Å². The number of nitrogens with two attached hydrogens (primary N) is 1. The first-order valence-corrected chi connectivity index (χ1v) is 6.49. The summed E-state index contributed by atoms with van der Waals surface area (Å²) in [5.74, 6) is 3.81. The van der Waals surface area contributed by atoms with E-state index in [2.05, 4.69) is 10.5 Å². The van der Waals surface area contributed by atoms with Crippen LogP contribution in [0.2, 0.25) is 0 Å². The zero-order valence-electron chi connectivity index (χ0n) is 11.5. The van der Waals surface area contributed by atoms with E-state index in [9.17, 15) is 8.78 Å². The standard InChI is InChI=1S/C14H18F2N4/c1-3-20-11(6-9(2)19-20)8-14(18-17)10-4-5-12(15)13(16)7-10/h4-7,14,18H,3,8,17H2,1-2H3. The second kappa shape index (κ2) is 6.11. The van der Waals surface area contributed by atoms with Crippen LogP contribution in [0.15, 0.2) is 24.3 Å². The van der Waals surface area contributed by atoms with Crippen molar-refractivity contribution < 1.29 is 8.78 Å². The molecule has 6 heteroatoms. The van der Waals surface area contributed by atoms with E-state index in [-0.39, 0.29) is 6.04 Å². The number of benzene rings is 1. The van der Waals surface area contributed by atoms with Gasteiger partial charge >= 0.3 is 0 Å². The number of hydrogen-bond donors (Lipinski definition) is 2. The number of nitrogens with zero attached hydrogens (tertiary/aromatic N) is 2. The maximum atomic E-state index is 13.3. The molecular formula is C14H18F2N4. The summed E-state index contributed by atoms with van der Waals surface area (Å²) in [5, 5.41) is 4.36. The van der Waals surface area contributed by atoms with Crippen LogP contribution in [0, 0.1) is 18.6 Å². The number of nitrogens with one attached hydrogen (secondary N) is 1. The van der Waals surface area contributed by atoms with Gasteiger partial charge in [-0.05, 0) is 37.6 Å². The molecule has 0 spiro atoms. The van der Waals surface area contributed by atoms with Crippen LogP contribution >= 0.6 is 0 Å². The Bertz CT molecular complexity index is 595. The van der Waals surface area contributed by atoms with Gasteiger partial charge in [-0.3, -0.25) is 16.0 Å². The van der Waals surface area contributed by atoms with Crippen molar-refractivity contribution in [1.29, 1.82) is 0 Å². The van der Waals surface area contributed by atoms with Crippen molar-refractivity contribution in [3.63, 3.8) is 0 Å². The molecule has 1 atom stereocenters. The van der Waals surface area contributed by atoms with Crippen LogP contribution in [0.3, 0.4) is 0 Å². The third-order valence-corrected chi connectivity index (χ3v) is 3.25. The molecule has 0 aliphatic rings. The minimum Gasteiger partial charge on any atom is -0.271 e. The SMILES string of the molecule is CCn1nc(C)cc1CC(NN)c1ccc(F)c(F)c1. The molecule has 1 aromatic carbocycles. The molecule has 1 aromatic heterocycles. The highest BCUT2D eigenvalue weighted by Gasteiger charge is 2.16. The van der Waals surface area contributed by atoms with E-state index in [0.29, 0.717) is 12.0 Å². The topological polar surface area (TPSA) is 55.9 Å². The van der Waals surface area contributed by atoms with Crippen LogP contribution < -0.4 is 11.3 Å². The zero-order chi connectivity index (χ0) is 14.7. The molecule has 2 rings (SSSR count). The summed E-state index contributed by atoms with van der Waals surface area (Å²) in [5.41, 5.74) is 5.17. The Morgan fingerprint density at radius 3 is 2.65 bits per heavy atom. The van der Waals surface area contributed by atoms with E-state index in [4.69, 9.17) is 5.84 Å². The van der Waals surface area contributed by atoms with Crippen LogP contribution in [0.5, 0.6) is 0 Å². The van der Waals surface area contributed by atoms with Gasteiger partial charge in [0, 0.05) is 18.7 Å². The Balaban J connectivity index is 2.26. The normalized spacial score (nSPS) is 12.7. The molecule has 0 aliphatic heterocycles. The van der Waals surface area contributed by atoms with Gasteiger partial charge in [0.1, 0.15) is 0 Å². The fourth-order valence-electron chi connectivity index (χ4n) is 2.25.